The molecule has 1 rings (SSSR count). The zero-order valence-corrected chi connectivity index (χ0v) is 5.98. The molecule has 1 aromatic rings. The summed E-state index contributed by atoms with van der Waals surface area (Å²) < 4.78 is 48.2. The predicted molar refractivity (Wildman–Crippen MR) is 33.2 cm³/mol. The molecule has 0 aromatic carbocycles. The Morgan fingerprint density at radius 1 is 1.42 bits per heavy atom. The molecular formula is C6H6F4N2. The van der Waals surface area contributed by atoms with Crippen molar-refractivity contribution in [2.75, 3.05) is 6.67 Å². The quantitative estimate of drug-likeness (QED) is 0.638. The highest BCUT2D eigenvalue weighted by Crippen LogP contribution is 2.28. The fourth-order valence-corrected chi connectivity index (χ4v) is 0.719. The minimum absolute atomic E-state index is 0.143. The van der Waals surface area contributed by atoms with Gasteiger partial charge in [0, 0.05) is 6.20 Å². The van der Waals surface area contributed by atoms with Crippen LogP contribution < -0.4 is 0 Å². The number of hydrogen-bond donors (Lipinski definition) is 0. The molecule has 0 amide bonds. The van der Waals surface area contributed by atoms with E-state index in [1.165, 1.54) is 0 Å². The van der Waals surface area contributed by atoms with Crippen LogP contribution in [-0.4, -0.2) is 16.5 Å². The van der Waals surface area contributed by atoms with Crippen LogP contribution in [0.2, 0.25) is 0 Å². The molecule has 12 heavy (non-hydrogen) atoms. The van der Waals surface area contributed by atoms with Crippen LogP contribution in [-0.2, 0) is 12.7 Å². The smallest absolute Gasteiger partial charge is 0.269 e. The fourth-order valence-electron chi connectivity index (χ4n) is 0.719. The monoisotopic (exact) mass is 182 g/mol. The van der Waals surface area contributed by atoms with Gasteiger partial charge in [0.25, 0.3) is 0 Å². The Bertz CT molecular complexity index is 252. The molecule has 0 spiro atoms. The average molecular weight is 182 g/mol. The lowest BCUT2D eigenvalue weighted by Gasteiger charge is -2.00. The van der Waals surface area contributed by atoms with Crippen LogP contribution in [0.25, 0.3) is 0 Å². The van der Waals surface area contributed by atoms with Crippen LogP contribution in [0, 0.1) is 0 Å². The van der Waals surface area contributed by atoms with E-state index in [0.717, 1.165) is 10.9 Å². The predicted octanol–water partition coefficient (Wildman–Crippen LogP) is 1.87. The molecule has 0 unspecified atom stereocenters. The molecule has 0 aliphatic heterocycles. The molecule has 0 saturated heterocycles. The highest BCUT2D eigenvalue weighted by molar-refractivity contribution is 5.08. The highest BCUT2D eigenvalue weighted by Gasteiger charge is 2.31. The Kier molecular flexibility index (Phi) is 2.35. The lowest BCUT2D eigenvalue weighted by atomic mass is 10.4. The van der Waals surface area contributed by atoms with Crippen molar-refractivity contribution in [2.24, 2.45) is 0 Å². The number of halogens is 4. The van der Waals surface area contributed by atoms with Crippen LogP contribution in [0.5, 0.6) is 0 Å². The zero-order chi connectivity index (χ0) is 9.19. The van der Waals surface area contributed by atoms with E-state index in [0.29, 0.717) is 6.20 Å². The first-order valence-electron chi connectivity index (χ1n) is 3.19. The summed E-state index contributed by atoms with van der Waals surface area (Å²) in [5.41, 5.74) is -0.851. The molecule has 0 aliphatic rings. The van der Waals surface area contributed by atoms with E-state index in [9.17, 15) is 17.6 Å². The van der Waals surface area contributed by atoms with Crippen molar-refractivity contribution < 1.29 is 17.6 Å². The van der Waals surface area contributed by atoms with E-state index in [-0.39, 0.29) is 6.54 Å². The maximum absolute atomic E-state index is 11.9. The fraction of sp³-hybridized carbons (Fsp3) is 0.500. The normalized spacial score (nSPS) is 12.0. The third-order valence-electron chi connectivity index (χ3n) is 1.27. The van der Waals surface area contributed by atoms with Crippen molar-refractivity contribution in [3.05, 3.63) is 18.0 Å². The van der Waals surface area contributed by atoms with Gasteiger partial charge in [-0.25, -0.2) is 4.39 Å². The minimum Gasteiger partial charge on any atom is -0.269 e. The molecule has 1 aromatic heterocycles. The lowest BCUT2D eigenvalue weighted by molar-refractivity contribution is -0.137. The maximum Gasteiger partial charge on any atom is 0.419 e. The summed E-state index contributed by atoms with van der Waals surface area (Å²) in [5.74, 6) is 0. The van der Waals surface area contributed by atoms with Crippen molar-refractivity contribution in [2.45, 2.75) is 12.7 Å². The second-order valence-corrected chi connectivity index (χ2v) is 2.18. The van der Waals surface area contributed by atoms with Gasteiger partial charge in [-0.15, -0.1) is 0 Å². The Morgan fingerprint density at radius 2 is 2.08 bits per heavy atom. The van der Waals surface area contributed by atoms with Crippen molar-refractivity contribution in [1.82, 2.24) is 9.78 Å². The molecular weight excluding hydrogens is 176 g/mol. The van der Waals surface area contributed by atoms with E-state index in [4.69, 9.17) is 0 Å². The van der Waals surface area contributed by atoms with Gasteiger partial charge in [0.2, 0.25) is 0 Å². The average Bonchev–Trinajstić information content (AvgIpc) is 2.35. The molecule has 0 atom stereocenters. The summed E-state index contributed by atoms with van der Waals surface area (Å²) in [4.78, 5) is 0. The van der Waals surface area contributed by atoms with Gasteiger partial charge in [0.15, 0.2) is 0 Å². The van der Waals surface area contributed by atoms with Crippen LogP contribution in [0.3, 0.4) is 0 Å². The second kappa shape index (κ2) is 3.12. The van der Waals surface area contributed by atoms with E-state index >= 15 is 0 Å². The van der Waals surface area contributed by atoms with Crippen molar-refractivity contribution >= 4 is 0 Å². The molecule has 0 fully saturated rings. The molecule has 0 saturated carbocycles. The van der Waals surface area contributed by atoms with E-state index in [2.05, 4.69) is 5.10 Å². The number of alkyl halides is 4. The first-order valence-corrected chi connectivity index (χ1v) is 3.19. The first kappa shape index (κ1) is 9.02. The first-order chi connectivity index (χ1) is 5.54. The molecule has 68 valence electrons. The molecule has 2 nitrogen and oxygen atoms in total. The van der Waals surface area contributed by atoms with E-state index < -0.39 is 18.4 Å². The van der Waals surface area contributed by atoms with Gasteiger partial charge in [-0.3, -0.25) is 4.68 Å². The summed E-state index contributed by atoms with van der Waals surface area (Å²) in [7, 11) is 0. The number of hydrogen-bond acceptors (Lipinski definition) is 1. The van der Waals surface area contributed by atoms with Gasteiger partial charge < -0.3 is 0 Å². The number of aryl methyl sites for hydroxylation is 1. The zero-order valence-electron chi connectivity index (χ0n) is 5.98. The van der Waals surface area contributed by atoms with Crippen LogP contribution >= 0.6 is 0 Å². The molecule has 0 radical (unpaired) electrons. The highest BCUT2D eigenvalue weighted by atomic mass is 19.4. The Labute approximate surface area is 65.8 Å². The minimum atomic E-state index is -4.39. The molecule has 6 heteroatoms. The van der Waals surface area contributed by atoms with Crippen LogP contribution in [0.1, 0.15) is 5.56 Å². The van der Waals surface area contributed by atoms with Gasteiger partial charge >= 0.3 is 6.18 Å². The Hall–Kier alpha value is -1.07. The second-order valence-electron chi connectivity index (χ2n) is 2.18. The van der Waals surface area contributed by atoms with Crippen molar-refractivity contribution in [3.8, 4) is 0 Å². The Balaban J connectivity index is 2.77. The summed E-state index contributed by atoms with van der Waals surface area (Å²) in [5, 5.41) is 3.33. The van der Waals surface area contributed by atoms with Crippen molar-refractivity contribution in [3.63, 3.8) is 0 Å². The van der Waals surface area contributed by atoms with Gasteiger partial charge in [0.1, 0.15) is 6.67 Å². The summed E-state index contributed by atoms with van der Waals surface area (Å²) in [6.45, 7) is -0.866. The third kappa shape index (κ3) is 1.96. The number of aromatic nitrogens is 2. The van der Waals surface area contributed by atoms with Crippen LogP contribution in [0.15, 0.2) is 12.4 Å². The van der Waals surface area contributed by atoms with Gasteiger partial charge in [-0.1, -0.05) is 0 Å². The lowest BCUT2D eigenvalue weighted by Crippen LogP contribution is -2.03. The van der Waals surface area contributed by atoms with Gasteiger partial charge in [-0.2, -0.15) is 18.3 Å². The molecule has 0 bridgehead atoms. The van der Waals surface area contributed by atoms with Crippen LogP contribution in [0.4, 0.5) is 17.6 Å². The largest absolute Gasteiger partial charge is 0.419 e. The molecule has 1 heterocycles. The Morgan fingerprint density at radius 3 is 2.50 bits per heavy atom. The molecule has 0 aliphatic carbocycles. The van der Waals surface area contributed by atoms with Crippen molar-refractivity contribution in [1.29, 1.82) is 0 Å². The summed E-state index contributed by atoms with van der Waals surface area (Å²) >= 11 is 0. The third-order valence-corrected chi connectivity index (χ3v) is 1.27. The van der Waals surface area contributed by atoms with E-state index in [1.54, 1.807) is 0 Å². The topological polar surface area (TPSA) is 17.8 Å². The standard InChI is InChI=1S/C6H6F4N2/c7-1-2-12-4-5(3-11-12)6(8,9)10/h3-4H,1-2H2. The summed E-state index contributed by atoms with van der Waals surface area (Å²) in [6, 6.07) is 0. The van der Waals surface area contributed by atoms with Gasteiger partial charge in [-0.05, 0) is 0 Å². The summed E-state index contributed by atoms with van der Waals surface area (Å²) in [6.07, 6.45) is -2.94. The maximum atomic E-state index is 11.9. The SMILES string of the molecule is FCCn1cc(C(F)(F)F)cn1. The number of nitrogens with zero attached hydrogens (tertiary/aromatic N) is 2. The molecule has 0 N–H and O–H groups in total. The van der Waals surface area contributed by atoms with E-state index in [1.807, 2.05) is 0 Å². The van der Waals surface area contributed by atoms with Gasteiger partial charge in [0.05, 0.1) is 18.3 Å². The number of rotatable bonds is 2.